The third kappa shape index (κ3) is 3.87. The highest BCUT2D eigenvalue weighted by Gasteiger charge is 2.28. The largest absolute Gasteiger partial charge is 0.378 e. The summed E-state index contributed by atoms with van der Waals surface area (Å²) in [6, 6.07) is 7.84. The van der Waals surface area contributed by atoms with Crippen LogP contribution in [0.3, 0.4) is 0 Å². The molecule has 3 heterocycles. The number of carbonyl (C=O) groups is 1. The van der Waals surface area contributed by atoms with Crippen molar-refractivity contribution in [2.24, 2.45) is 0 Å². The molecular weight excluding hydrogens is 350 g/mol. The maximum atomic E-state index is 13.0. The number of amides is 1. The van der Waals surface area contributed by atoms with Crippen LogP contribution in [0.15, 0.2) is 30.5 Å². The summed E-state index contributed by atoms with van der Waals surface area (Å²) in [6.07, 6.45) is 5.01. The standard InChI is InChI=1S/C22H29N5O/c1-25(2)19-8-6-16(7-9-19)22(28)27-11-4-5-17(15-27)21-23-13-18-14-26(3)12-10-20(18)24-21/h6-9,13,17H,4-5,10-12,14-15H2,1-3H3. The summed E-state index contributed by atoms with van der Waals surface area (Å²) in [7, 11) is 6.14. The SMILES string of the molecule is CN1CCc2nc(C3CCCN(C(=O)c4ccc(N(C)C)cc4)C3)ncc2C1. The van der Waals surface area contributed by atoms with Crippen LogP contribution in [0, 0.1) is 0 Å². The minimum Gasteiger partial charge on any atom is -0.378 e. The normalized spacial score (nSPS) is 20.0. The summed E-state index contributed by atoms with van der Waals surface area (Å²) in [4.78, 5) is 28.9. The fourth-order valence-electron chi connectivity index (χ4n) is 4.13. The topological polar surface area (TPSA) is 52.6 Å². The van der Waals surface area contributed by atoms with Crippen molar-refractivity contribution < 1.29 is 4.79 Å². The van der Waals surface area contributed by atoms with Crippen LogP contribution < -0.4 is 4.90 Å². The van der Waals surface area contributed by atoms with Crippen LogP contribution in [0.4, 0.5) is 5.69 Å². The van der Waals surface area contributed by atoms with E-state index < -0.39 is 0 Å². The lowest BCUT2D eigenvalue weighted by Gasteiger charge is -2.33. The van der Waals surface area contributed by atoms with Crippen LogP contribution in [0.5, 0.6) is 0 Å². The maximum Gasteiger partial charge on any atom is 0.253 e. The number of carbonyl (C=O) groups excluding carboxylic acids is 1. The molecule has 0 saturated carbocycles. The van der Waals surface area contributed by atoms with Crippen LogP contribution in [0.2, 0.25) is 0 Å². The third-order valence-corrected chi connectivity index (χ3v) is 5.85. The van der Waals surface area contributed by atoms with Gasteiger partial charge < -0.3 is 14.7 Å². The second-order valence-electron chi connectivity index (χ2n) is 8.22. The number of nitrogens with zero attached hydrogens (tertiary/aromatic N) is 5. The lowest BCUT2D eigenvalue weighted by Crippen LogP contribution is -2.39. The second-order valence-corrected chi connectivity index (χ2v) is 8.22. The molecule has 148 valence electrons. The molecule has 2 aromatic rings. The molecule has 1 atom stereocenters. The van der Waals surface area contributed by atoms with Gasteiger partial charge in [-0.1, -0.05) is 0 Å². The van der Waals surface area contributed by atoms with Gasteiger partial charge in [-0.3, -0.25) is 4.79 Å². The van der Waals surface area contributed by atoms with Gasteiger partial charge in [0.2, 0.25) is 0 Å². The molecular formula is C22H29N5O. The van der Waals surface area contributed by atoms with Crippen molar-refractivity contribution >= 4 is 11.6 Å². The number of likely N-dealkylation sites (N-methyl/N-ethyl adjacent to an activating group) is 1. The molecule has 4 rings (SSSR count). The Labute approximate surface area is 167 Å². The van der Waals surface area contributed by atoms with Gasteiger partial charge in [0.1, 0.15) is 5.82 Å². The quantitative estimate of drug-likeness (QED) is 0.820. The first-order valence-corrected chi connectivity index (χ1v) is 10.1. The summed E-state index contributed by atoms with van der Waals surface area (Å²) in [5.41, 5.74) is 4.27. The number of hydrogen-bond donors (Lipinski definition) is 0. The number of fused-ring (bicyclic) bond motifs is 1. The average molecular weight is 380 g/mol. The molecule has 0 aliphatic carbocycles. The van der Waals surface area contributed by atoms with E-state index in [1.54, 1.807) is 0 Å². The van der Waals surface area contributed by atoms with Crippen LogP contribution in [-0.4, -0.2) is 66.5 Å². The zero-order chi connectivity index (χ0) is 19.7. The first kappa shape index (κ1) is 18.9. The monoisotopic (exact) mass is 379 g/mol. The van der Waals surface area contributed by atoms with Crippen LogP contribution in [0.1, 0.15) is 46.2 Å². The lowest BCUT2D eigenvalue weighted by molar-refractivity contribution is 0.0704. The summed E-state index contributed by atoms with van der Waals surface area (Å²) in [5.74, 6) is 1.24. The third-order valence-electron chi connectivity index (χ3n) is 5.85. The van der Waals surface area contributed by atoms with Gasteiger partial charge in [-0.15, -0.1) is 0 Å². The number of aromatic nitrogens is 2. The van der Waals surface area contributed by atoms with Gasteiger partial charge in [0, 0.05) is 81.3 Å². The predicted octanol–water partition coefficient (Wildman–Crippen LogP) is 2.55. The molecule has 1 fully saturated rings. The van der Waals surface area contributed by atoms with Crippen molar-refractivity contribution in [1.82, 2.24) is 19.8 Å². The minimum atomic E-state index is 0.106. The molecule has 1 saturated heterocycles. The van der Waals surface area contributed by atoms with Crippen molar-refractivity contribution in [2.45, 2.75) is 31.7 Å². The van der Waals surface area contributed by atoms with Gasteiger partial charge in [-0.25, -0.2) is 9.97 Å². The second kappa shape index (κ2) is 7.87. The number of likely N-dealkylation sites (tertiary alicyclic amines) is 1. The Morgan fingerprint density at radius 3 is 2.71 bits per heavy atom. The molecule has 28 heavy (non-hydrogen) atoms. The fourth-order valence-corrected chi connectivity index (χ4v) is 4.13. The van der Waals surface area contributed by atoms with Crippen molar-refractivity contribution in [3.05, 3.63) is 53.1 Å². The Kier molecular flexibility index (Phi) is 5.31. The highest BCUT2D eigenvalue weighted by atomic mass is 16.2. The van der Waals surface area contributed by atoms with Gasteiger partial charge in [0.15, 0.2) is 0 Å². The molecule has 1 aromatic carbocycles. The van der Waals surface area contributed by atoms with Crippen molar-refractivity contribution in [3.63, 3.8) is 0 Å². The molecule has 6 heteroatoms. The average Bonchev–Trinajstić information content (AvgIpc) is 2.73. The van der Waals surface area contributed by atoms with E-state index in [9.17, 15) is 4.79 Å². The first-order valence-electron chi connectivity index (χ1n) is 10.1. The van der Waals surface area contributed by atoms with Gasteiger partial charge in [-0.2, -0.15) is 0 Å². The van der Waals surface area contributed by atoms with Gasteiger partial charge in [-0.05, 0) is 44.2 Å². The molecule has 0 bridgehead atoms. The van der Waals surface area contributed by atoms with E-state index in [1.807, 2.05) is 54.4 Å². The maximum absolute atomic E-state index is 13.0. The van der Waals surface area contributed by atoms with Gasteiger partial charge >= 0.3 is 0 Å². The van der Waals surface area contributed by atoms with E-state index in [0.29, 0.717) is 6.54 Å². The molecule has 1 aromatic heterocycles. The smallest absolute Gasteiger partial charge is 0.253 e. The minimum absolute atomic E-state index is 0.106. The molecule has 2 aliphatic rings. The van der Waals surface area contributed by atoms with Crippen LogP contribution in [-0.2, 0) is 13.0 Å². The number of anilines is 1. The number of benzene rings is 1. The Balaban J connectivity index is 1.47. The van der Waals surface area contributed by atoms with Gasteiger partial charge in [0.05, 0.1) is 0 Å². The van der Waals surface area contributed by atoms with E-state index in [-0.39, 0.29) is 11.8 Å². The summed E-state index contributed by atoms with van der Waals surface area (Å²) in [6.45, 7) is 3.48. The zero-order valence-corrected chi connectivity index (χ0v) is 17.1. The molecule has 0 radical (unpaired) electrons. The lowest BCUT2D eigenvalue weighted by atomic mass is 9.95. The highest BCUT2D eigenvalue weighted by Crippen LogP contribution is 2.27. The van der Waals surface area contributed by atoms with Crippen molar-refractivity contribution in [2.75, 3.05) is 45.7 Å². The molecule has 1 unspecified atom stereocenters. The Hall–Kier alpha value is -2.47. The van der Waals surface area contributed by atoms with E-state index in [4.69, 9.17) is 4.98 Å². The number of piperidine rings is 1. The van der Waals surface area contributed by atoms with Crippen molar-refractivity contribution in [3.8, 4) is 0 Å². The summed E-state index contributed by atoms with van der Waals surface area (Å²) >= 11 is 0. The summed E-state index contributed by atoms with van der Waals surface area (Å²) < 4.78 is 0. The summed E-state index contributed by atoms with van der Waals surface area (Å²) in [5, 5.41) is 0. The molecule has 1 amide bonds. The highest BCUT2D eigenvalue weighted by molar-refractivity contribution is 5.94. The molecule has 6 nitrogen and oxygen atoms in total. The van der Waals surface area contributed by atoms with Crippen LogP contribution >= 0.6 is 0 Å². The van der Waals surface area contributed by atoms with E-state index in [1.165, 1.54) is 11.3 Å². The van der Waals surface area contributed by atoms with E-state index in [0.717, 1.165) is 56.0 Å². The van der Waals surface area contributed by atoms with Crippen molar-refractivity contribution in [1.29, 1.82) is 0 Å². The molecule has 0 N–H and O–H groups in total. The Bertz CT molecular complexity index is 849. The predicted molar refractivity (Wildman–Crippen MR) is 111 cm³/mol. The number of hydrogen-bond acceptors (Lipinski definition) is 5. The van der Waals surface area contributed by atoms with E-state index >= 15 is 0 Å². The van der Waals surface area contributed by atoms with Gasteiger partial charge in [0.25, 0.3) is 5.91 Å². The Morgan fingerprint density at radius 1 is 1.18 bits per heavy atom. The Morgan fingerprint density at radius 2 is 1.96 bits per heavy atom. The number of rotatable bonds is 3. The van der Waals surface area contributed by atoms with E-state index in [2.05, 4.69) is 16.9 Å². The first-order chi connectivity index (χ1) is 13.5. The fraction of sp³-hybridized carbons (Fsp3) is 0.500. The van der Waals surface area contributed by atoms with Crippen LogP contribution in [0.25, 0.3) is 0 Å². The molecule has 0 spiro atoms. The zero-order valence-electron chi connectivity index (χ0n) is 17.1. The molecule has 2 aliphatic heterocycles.